The fraction of sp³-hybridized carbons (Fsp3) is 0.750. The summed E-state index contributed by atoms with van der Waals surface area (Å²) in [6.45, 7) is 0.970. The Hall–Kier alpha value is -1.10. The molecule has 74 valence electrons. The second kappa shape index (κ2) is 4.81. The standard InChI is InChI=1S/C8H15N3O2/c1-9-8(13)11-7(12)5-6-3-2-4-10-6/h6,10H,2-5H2,1H3,(H2,9,11,12,13). The van der Waals surface area contributed by atoms with Crippen LogP contribution in [0.2, 0.25) is 0 Å². The highest BCUT2D eigenvalue weighted by Crippen LogP contribution is 2.07. The van der Waals surface area contributed by atoms with E-state index in [0.717, 1.165) is 19.4 Å². The minimum atomic E-state index is -0.442. The second-order valence-corrected chi connectivity index (χ2v) is 3.12. The van der Waals surface area contributed by atoms with Gasteiger partial charge in [0.15, 0.2) is 0 Å². The highest BCUT2D eigenvalue weighted by atomic mass is 16.2. The van der Waals surface area contributed by atoms with Gasteiger partial charge in [-0.3, -0.25) is 10.1 Å². The van der Waals surface area contributed by atoms with Gasteiger partial charge in [-0.1, -0.05) is 0 Å². The fourth-order valence-electron chi connectivity index (χ4n) is 1.39. The molecule has 3 amide bonds. The zero-order valence-corrected chi connectivity index (χ0v) is 7.72. The van der Waals surface area contributed by atoms with E-state index in [-0.39, 0.29) is 11.9 Å². The summed E-state index contributed by atoms with van der Waals surface area (Å²) >= 11 is 0. The number of hydrogen-bond acceptors (Lipinski definition) is 3. The number of carbonyl (C=O) groups excluding carboxylic acids is 2. The van der Waals surface area contributed by atoms with Crippen molar-refractivity contribution >= 4 is 11.9 Å². The van der Waals surface area contributed by atoms with Gasteiger partial charge in [-0.15, -0.1) is 0 Å². The number of imide groups is 1. The SMILES string of the molecule is CNC(=O)NC(=O)CC1CCCN1. The minimum Gasteiger partial charge on any atom is -0.341 e. The van der Waals surface area contributed by atoms with Crippen LogP contribution in [0.5, 0.6) is 0 Å². The van der Waals surface area contributed by atoms with Crippen LogP contribution in [0.25, 0.3) is 0 Å². The van der Waals surface area contributed by atoms with E-state index >= 15 is 0 Å². The van der Waals surface area contributed by atoms with Gasteiger partial charge in [0.05, 0.1) is 0 Å². The lowest BCUT2D eigenvalue weighted by atomic mass is 10.1. The van der Waals surface area contributed by atoms with Crippen molar-refractivity contribution in [3.05, 3.63) is 0 Å². The zero-order chi connectivity index (χ0) is 9.68. The first-order chi connectivity index (χ1) is 6.22. The Balaban J connectivity index is 2.20. The molecule has 0 aromatic rings. The molecular weight excluding hydrogens is 170 g/mol. The van der Waals surface area contributed by atoms with Crippen LogP contribution in [-0.2, 0) is 4.79 Å². The highest BCUT2D eigenvalue weighted by molar-refractivity contribution is 5.94. The summed E-state index contributed by atoms with van der Waals surface area (Å²) in [6.07, 6.45) is 2.51. The van der Waals surface area contributed by atoms with Gasteiger partial charge in [-0.2, -0.15) is 0 Å². The fourth-order valence-corrected chi connectivity index (χ4v) is 1.39. The topological polar surface area (TPSA) is 70.2 Å². The normalized spacial score (nSPS) is 21.2. The Morgan fingerprint density at radius 3 is 2.85 bits per heavy atom. The predicted molar refractivity (Wildman–Crippen MR) is 48.2 cm³/mol. The smallest absolute Gasteiger partial charge is 0.321 e. The Labute approximate surface area is 77.3 Å². The van der Waals surface area contributed by atoms with Gasteiger partial charge in [0, 0.05) is 19.5 Å². The van der Waals surface area contributed by atoms with Gasteiger partial charge in [-0.25, -0.2) is 4.79 Å². The molecule has 1 heterocycles. The molecule has 1 saturated heterocycles. The summed E-state index contributed by atoms with van der Waals surface area (Å²) in [5, 5.41) is 7.74. The molecule has 5 nitrogen and oxygen atoms in total. The average Bonchev–Trinajstić information content (AvgIpc) is 2.56. The lowest BCUT2D eigenvalue weighted by Crippen LogP contribution is -2.40. The molecule has 0 aliphatic carbocycles. The first kappa shape index (κ1) is 9.98. The van der Waals surface area contributed by atoms with E-state index < -0.39 is 6.03 Å². The van der Waals surface area contributed by atoms with Crippen LogP contribution in [0.4, 0.5) is 4.79 Å². The van der Waals surface area contributed by atoms with Gasteiger partial charge in [0.25, 0.3) is 0 Å². The summed E-state index contributed by atoms with van der Waals surface area (Å²) in [7, 11) is 1.48. The first-order valence-electron chi connectivity index (χ1n) is 4.47. The maximum atomic E-state index is 11.2. The van der Waals surface area contributed by atoms with Crippen LogP contribution in [-0.4, -0.2) is 31.6 Å². The summed E-state index contributed by atoms with van der Waals surface area (Å²) in [5.41, 5.74) is 0. The van der Waals surface area contributed by atoms with Crippen molar-refractivity contribution < 1.29 is 9.59 Å². The van der Waals surface area contributed by atoms with Crippen molar-refractivity contribution in [2.24, 2.45) is 0 Å². The second-order valence-electron chi connectivity index (χ2n) is 3.12. The van der Waals surface area contributed by atoms with Crippen molar-refractivity contribution in [3.8, 4) is 0 Å². The molecule has 0 aromatic carbocycles. The summed E-state index contributed by atoms with van der Waals surface area (Å²) < 4.78 is 0. The van der Waals surface area contributed by atoms with Crippen molar-refractivity contribution in [1.82, 2.24) is 16.0 Å². The lowest BCUT2D eigenvalue weighted by molar-refractivity contribution is -0.120. The van der Waals surface area contributed by atoms with Gasteiger partial charge < -0.3 is 10.6 Å². The van der Waals surface area contributed by atoms with E-state index in [9.17, 15) is 9.59 Å². The average molecular weight is 185 g/mol. The third kappa shape index (κ3) is 3.42. The summed E-state index contributed by atoms with van der Waals surface area (Å²) in [5.74, 6) is -0.223. The summed E-state index contributed by atoms with van der Waals surface area (Å²) in [4.78, 5) is 21.9. The highest BCUT2D eigenvalue weighted by Gasteiger charge is 2.18. The molecule has 1 aliphatic rings. The number of amides is 3. The van der Waals surface area contributed by atoms with E-state index in [0.29, 0.717) is 6.42 Å². The van der Waals surface area contributed by atoms with Crippen LogP contribution >= 0.6 is 0 Å². The van der Waals surface area contributed by atoms with Gasteiger partial charge in [-0.05, 0) is 19.4 Å². The zero-order valence-electron chi connectivity index (χ0n) is 7.72. The lowest BCUT2D eigenvalue weighted by Gasteiger charge is -2.08. The maximum Gasteiger partial charge on any atom is 0.321 e. The van der Waals surface area contributed by atoms with E-state index in [1.54, 1.807) is 0 Å². The third-order valence-electron chi connectivity index (χ3n) is 2.07. The van der Waals surface area contributed by atoms with Gasteiger partial charge >= 0.3 is 6.03 Å². The van der Waals surface area contributed by atoms with Crippen LogP contribution in [0.1, 0.15) is 19.3 Å². The third-order valence-corrected chi connectivity index (χ3v) is 2.07. The van der Waals surface area contributed by atoms with Crippen molar-refractivity contribution in [2.75, 3.05) is 13.6 Å². The molecule has 0 spiro atoms. The molecular formula is C8H15N3O2. The maximum absolute atomic E-state index is 11.2. The van der Waals surface area contributed by atoms with E-state index in [2.05, 4.69) is 16.0 Å². The van der Waals surface area contributed by atoms with Gasteiger partial charge in [0.1, 0.15) is 0 Å². The van der Waals surface area contributed by atoms with E-state index in [4.69, 9.17) is 0 Å². The monoisotopic (exact) mass is 185 g/mol. The number of urea groups is 1. The molecule has 0 saturated carbocycles. The first-order valence-corrected chi connectivity index (χ1v) is 4.47. The molecule has 1 fully saturated rings. The Morgan fingerprint density at radius 2 is 2.31 bits per heavy atom. The molecule has 1 unspecified atom stereocenters. The van der Waals surface area contributed by atoms with Crippen molar-refractivity contribution in [3.63, 3.8) is 0 Å². The molecule has 0 radical (unpaired) electrons. The molecule has 3 N–H and O–H groups in total. The van der Waals surface area contributed by atoms with Crippen molar-refractivity contribution in [2.45, 2.75) is 25.3 Å². The van der Waals surface area contributed by atoms with Gasteiger partial charge in [0.2, 0.25) is 5.91 Å². The number of rotatable bonds is 2. The Morgan fingerprint density at radius 1 is 1.54 bits per heavy atom. The molecule has 0 aromatic heterocycles. The molecule has 1 atom stereocenters. The Kier molecular flexibility index (Phi) is 3.70. The van der Waals surface area contributed by atoms with Crippen molar-refractivity contribution in [1.29, 1.82) is 0 Å². The Bertz CT molecular complexity index is 200. The molecule has 1 rings (SSSR count). The quantitative estimate of drug-likeness (QED) is 0.547. The van der Waals surface area contributed by atoms with Crippen LogP contribution in [0, 0.1) is 0 Å². The molecule has 5 heteroatoms. The van der Waals surface area contributed by atoms with E-state index in [1.165, 1.54) is 7.05 Å². The van der Waals surface area contributed by atoms with Crippen LogP contribution in [0.15, 0.2) is 0 Å². The largest absolute Gasteiger partial charge is 0.341 e. The molecule has 13 heavy (non-hydrogen) atoms. The molecule has 1 aliphatic heterocycles. The number of carbonyl (C=O) groups is 2. The molecule has 0 bridgehead atoms. The van der Waals surface area contributed by atoms with Crippen LogP contribution < -0.4 is 16.0 Å². The van der Waals surface area contributed by atoms with Crippen LogP contribution in [0.3, 0.4) is 0 Å². The minimum absolute atomic E-state index is 0.223. The summed E-state index contributed by atoms with van der Waals surface area (Å²) in [6, 6.07) is -0.201. The predicted octanol–water partition coefficient (Wildman–Crippen LogP) is -0.416. The number of nitrogens with one attached hydrogen (secondary N) is 3. The van der Waals surface area contributed by atoms with E-state index in [1.807, 2.05) is 0 Å². The number of hydrogen-bond donors (Lipinski definition) is 3.